The summed E-state index contributed by atoms with van der Waals surface area (Å²) >= 11 is 0. The van der Waals surface area contributed by atoms with Crippen molar-refractivity contribution in [3.05, 3.63) is 101 Å². The van der Waals surface area contributed by atoms with E-state index in [9.17, 15) is 9.59 Å². The number of hydrogen-bond donors (Lipinski definition) is 1. The zero-order valence-corrected chi connectivity index (χ0v) is 19.2. The molecular weight excluding hydrogens is 422 g/mol. The monoisotopic (exact) mass is 449 g/mol. The quantitative estimate of drug-likeness (QED) is 0.557. The van der Waals surface area contributed by atoms with Crippen molar-refractivity contribution in [2.75, 3.05) is 10.2 Å². The zero-order chi connectivity index (χ0) is 23.2. The van der Waals surface area contributed by atoms with Crippen LogP contribution in [0, 0.1) is 12.8 Å². The van der Waals surface area contributed by atoms with E-state index in [1.54, 1.807) is 12.4 Å². The van der Waals surface area contributed by atoms with Crippen LogP contribution >= 0.6 is 0 Å². The molecule has 2 aliphatic carbocycles. The van der Waals surface area contributed by atoms with Crippen LogP contribution in [0.2, 0.25) is 0 Å². The van der Waals surface area contributed by atoms with Gasteiger partial charge in [-0.15, -0.1) is 0 Å². The average Bonchev–Trinajstić information content (AvgIpc) is 3.71. The predicted octanol–water partition coefficient (Wildman–Crippen LogP) is 5.70. The number of anilines is 2. The maximum absolute atomic E-state index is 13.9. The van der Waals surface area contributed by atoms with Crippen LogP contribution in [0.3, 0.4) is 0 Å². The number of hydrogen-bond acceptors (Lipinski definition) is 4. The number of amides is 1. The molecule has 3 aliphatic rings. The molecule has 0 saturated heterocycles. The van der Waals surface area contributed by atoms with Crippen molar-refractivity contribution in [1.29, 1.82) is 0 Å². The Morgan fingerprint density at radius 1 is 0.971 bits per heavy atom. The number of carbonyl (C=O) groups is 2. The lowest BCUT2D eigenvalue weighted by Crippen LogP contribution is -2.39. The van der Waals surface area contributed by atoms with E-state index in [4.69, 9.17) is 0 Å². The Labute approximate surface area is 199 Å². The van der Waals surface area contributed by atoms with E-state index in [1.807, 2.05) is 41.3 Å². The van der Waals surface area contributed by atoms with E-state index in [-0.39, 0.29) is 23.5 Å². The summed E-state index contributed by atoms with van der Waals surface area (Å²) in [5.74, 6) is 0.306. The molecule has 2 atom stereocenters. The summed E-state index contributed by atoms with van der Waals surface area (Å²) in [6, 6.07) is 19.7. The highest BCUT2D eigenvalue weighted by atomic mass is 16.2. The fourth-order valence-corrected chi connectivity index (χ4v) is 5.29. The summed E-state index contributed by atoms with van der Waals surface area (Å²) in [5, 5.41) is 3.59. The summed E-state index contributed by atoms with van der Waals surface area (Å²) < 4.78 is 0. The number of benzene rings is 2. The lowest BCUT2D eigenvalue weighted by molar-refractivity contribution is -0.120. The maximum atomic E-state index is 13.9. The summed E-state index contributed by atoms with van der Waals surface area (Å²) in [6.07, 6.45) is 6.48. The Balaban J connectivity index is 1.52. The molecule has 1 saturated carbocycles. The van der Waals surface area contributed by atoms with Crippen molar-refractivity contribution < 1.29 is 9.59 Å². The van der Waals surface area contributed by atoms with E-state index in [2.05, 4.69) is 41.5 Å². The molecule has 170 valence electrons. The van der Waals surface area contributed by atoms with Gasteiger partial charge >= 0.3 is 0 Å². The Bertz CT molecular complexity index is 1290. The number of Topliss-reactive ketones (excluding diaryl/α,β-unsaturated/α-hetero) is 1. The Morgan fingerprint density at radius 3 is 2.50 bits per heavy atom. The molecule has 3 aromatic rings. The number of fused-ring (bicyclic) bond motifs is 1. The van der Waals surface area contributed by atoms with Crippen LogP contribution in [-0.2, 0) is 9.59 Å². The largest absolute Gasteiger partial charge is 0.357 e. The molecule has 5 nitrogen and oxygen atoms in total. The normalized spacial score (nSPS) is 21.9. The summed E-state index contributed by atoms with van der Waals surface area (Å²) in [6.45, 7) is 2.07. The number of aryl methyl sites for hydroxylation is 1. The number of nitrogens with zero attached hydrogens (tertiary/aromatic N) is 2. The Hall–Kier alpha value is -3.73. The zero-order valence-electron chi connectivity index (χ0n) is 19.2. The number of rotatable bonds is 3. The van der Waals surface area contributed by atoms with Crippen molar-refractivity contribution in [2.24, 2.45) is 5.92 Å². The summed E-state index contributed by atoms with van der Waals surface area (Å²) in [7, 11) is 0. The lowest BCUT2D eigenvalue weighted by Gasteiger charge is -2.35. The summed E-state index contributed by atoms with van der Waals surface area (Å²) in [4.78, 5) is 33.8. The van der Waals surface area contributed by atoms with Gasteiger partial charge in [-0.2, -0.15) is 0 Å². The second-order valence-electron chi connectivity index (χ2n) is 9.64. The molecule has 1 N–H and O–H groups in total. The van der Waals surface area contributed by atoms with Gasteiger partial charge in [-0.05, 0) is 61.4 Å². The first-order chi connectivity index (χ1) is 16.6. The Morgan fingerprint density at radius 2 is 1.76 bits per heavy atom. The van der Waals surface area contributed by atoms with Gasteiger partial charge in [-0.3, -0.25) is 19.5 Å². The first-order valence-corrected chi connectivity index (χ1v) is 12.0. The first-order valence-electron chi connectivity index (χ1n) is 12.0. The molecule has 2 heterocycles. The predicted molar refractivity (Wildman–Crippen MR) is 132 cm³/mol. The minimum atomic E-state index is -0.487. The number of ketones is 1. The van der Waals surface area contributed by atoms with Crippen LogP contribution in [-0.4, -0.2) is 16.7 Å². The van der Waals surface area contributed by atoms with Gasteiger partial charge in [0.15, 0.2) is 5.78 Å². The first kappa shape index (κ1) is 20.8. The van der Waals surface area contributed by atoms with Crippen LogP contribution in [0.15, 0.2) is 84.3 Å². The highest BCUT2D eigenvalue weighted by molar-refractivity contribution is 6.07. The standard InChI is InChI=1S/C29H27N3O2/c1-18-8-10-19(11-9-18)22-15-24-27(26(33)16-22)28(21-5-4-14-30-17-21)32(29(34)20-12-13-20)25-7-3-2-6-23(25)31-24/h2-11,14,17,20,22,28,31H,12-13,15-16H2,1H3. The molecule has 5 heteroatoms. The van der Waals surface area contributed by atoms with Gasteiger partial charge in [0.25, 0.3) is 0 Å². The van der Waals surface area contributed by atoms with E-state index >= 15 is 0 Å². The molecule has 0 bridgehead atoms. The van der Waals surface area contributed by atoms with Crippen LogP contribution in [0.25, 0.3) is 0 Å². The summed E-state index contributed by atoms with van der Waals surface area (Å²) in [5.41, 5.74) is 6.54. The molecule has 1 fully saturated rings. The molecule has 34 heavy (non-hydrogen) atoms. The third-order valence-corrected chi connectivity index (χ3v) is 7.20. The molecule has 1 aliphatic heterocycles. The van der Waals surface area contributed by atoms with Gasteiger partial charge in [0, 0.05) is 36.0 Å². The number of aromatic nitrogens is 1. The second-order valence-corrected chi connectivity index (χ2v) is 9.64. The highest BCUT2D eigenvalue weighted by Crippen LogP contribution is 2.49. The molecule has 6 rings (SSSR count). The van der Waals surface area contributed by atoms with Gasteiger partial charge < -0.3 is 5.32 Å². The van der Waals surface area contributed by atoms with Gasteiger partial charge in [0.1, 0.15) is 0 Å². The van der Waals surface area contributed by atoms with Crippen LogP contribution < -0.4 is 10.2 Å². The topological polar surface area (TPSA) is 62.3 Å². The minimum absolute atomic E-state index is 0.0216. The molecular formula is C29H27N3O2. The number of nitrogens with one attached hydrogen (secondary N) is 1. The van der Waals surface area contributed by atoms with Crippen molar-refractivity contribution >= 4 is 23.1 Å². The number of allylic oxidation sites excluding steroid dienone is 1. The fraction of sp³-hybridized carbons (Fsp3) is 0.276. The van der Waals surface area contributed by atoms with E-state index in [0.717, 1.165) is 41.9 Å². The van der Waals surface area contributed by atoms with Gasteiger partial charge in [0.05, 0.1) is 17.4 Å². The maximum Gasteiger partial charge on any atom is 0.231 e. The van der Waals surface area contributed by atoms with Crippen LogP contribution in [0.5, 0.6) is 0 Å². The smallest absolute Gasteiger partial charge is 0.231 e. The third kappa shape index (κ3) is 3.61. The van der Waals surface area contributed by atoms with Crippen LogP contribution in [0.4, 0.5) is 11.4 Å². The molecule has 0 spiro atoms. The number of carbonyl (C=O) groups excluding carboxylic acids is 2. The molecule has 1 amide bonds. The van der Waals surface area contributed by atoms with Gasteiger partial charge in [-0.25, -0.2) is 0 Å². The van der Waals surface area contributed by atoms with Gasteiger partial charge in [-0.1, -0.05) is 48.0 Å². The molecule has 1 aromatic heterocycles. The fourth-order valence-electron chi connectivity index (χ4n) is 5.29. The molecule has 2 aromatic carbocycles. The van der Waals surface area contributed by atoms with Crippen molar-refractivity contribution in [2.45, 2.75) is 44.6 Å². The van der Waals surface area contributed by atoms with Crippen molar-refractivity contribution in [3.63, 3.8) is 0 Å². The molecule has 0 radical (unpaired) electrons. The van der Waals surface area contributed by atoms with Gasteiger partial charge in [0.2, 0.25) is 5.91 Å². The number of para-hydroxylation sites is 2. The highest BCUT2D eigenvalue weighted by Gasteiger charge is 2.45. The molecule has 2 unspecified atom stereocenters. The Kier molecular flexibility index (Phi) is 5.05. The average molecular weight is 450 g/mol. The van der Waals surface area contributed by atoms with E-state index in [1.165, 1.54) is 11.1 Å². The minimum Gasteiger partial charge on any atom is -0.357 e. The van der Waals surface area contributed by atoms with Crippen LogP contribution in [0.1, 0.15) is 54.3 Å². The van der Waals surface area contributed by atoms with E-state index in [0.29, 0.717) is 12.0 Å². The van der Waals surface area contributed by atoms with Crippen molar-refractivity contribution in [1.82, 2.24) is 4.98 Å². The van der Waals surface area contributed by atoms with E-state index < -0.39 is 6.04 Å². The second kappa shape index (κ2) is 8.24. The van der Waals surface area contributed by atoms with Crippen molar-refractivity contribution in [3.8, 4) is 0 Å². The SMILES string of the molecule is Cc1ccc(C2CC(=O)C3=C(C2)Nc2ccccc2N(C(=O)C2CC2)C3c2cccnc2)cc1. The third-order valence-electron chi connectivity index (χ3n) is 7.20. The number of pyridine rings is 1. The lowest BCUT2D eigenvalue weighted by atomic mass is 9.78.